The van der Waals surface area contributed by atoms with E-state index in [1.165, 1.54) is 5.56 Å². The van der Waals surface area contributed by atoms with Gasteiger partial charge in [-0.1, -0.05) is 6.07 Å². The van der Waals surface area contributed by atoms with E-state index < -0.39 is 5.60 Å². The quantitative estimate of drug-likeness (QED) is 0.581. The smallest absolute Gasteiger partial charge is 0.407 e. The summed E-state index contributed by atoms with van der Waals surface area (Å²) in [6.07, 6.45) is 6.02. The first-order valence-corrected chi connectivity index (χ1v) is 10.7. The van der Waals surface area contributed by atoms with Crippen molar-refractivity contribution in [2.24, 2.45) is 5.92 Å². The third-order valence-corrected chi connectivity index (χ3v) is 5.91. The molecule has 1 aromatic carbocycles. The Morgan fingerprint density at radius 1 is 1.24 bits per heavy atom. The topological polar surface area (TPSA) is 84.7 Å². The van der Waals surface area contributed by atoms with Gasteiger partial charge in [-0.15, -0.1) is 0 Å². The Morgan fingerprint density at radius 2 is 1.97 bits per heavy atom. The number of carbonyl (C=O) groups is 1. The van der Waals surface area contributed by atoms with Gasteiger partial charge in [-0.05, 0) is 82.9 Å². The molecule has 160 valence electrons. The zero-order valence-electron chi connectivity index (χ0n) is 17.8. The van der Waals surface area contributed by atoms with Gasteiger partial charge in [0.05, 0.1) is 4.92 Å². The average molecular weight is 404 g/mol. The molecule has 1 heterocycles. The van der Waals surface area contributed by atoms with E-state index in [2.05, 4.69) is 10.2 Å². The summed E-state index contributed by atoms with van der Waals surface area (Å²) < 4.78 is 5.35. The second-order valence-electron chi connectivity index (χ2n) is 9.39. The molecule has 1 amide bonds. The Bertz CT molecular complexity index is 736. The maximum atomic E-state index is 11.9. The molecule has 0 atom stereocenters. The molecule has 2 aliphatic rings. The van der Waals surface area contributed by atoms with Crippen molar-refractivity contribution < 1.29 is 14.5 Å². The van der Waals surface area contributed by atoms with E-state index in [4.69, 9.17) is 4.74 Å². The van der Waals surface area contributed by atoms with Crippen LogP contribution < -0.4 is 5.32 Å². The number of carbonyl (C=O) groups excluding carboxylic acids is 1. The minimum absolute atomic E-state index is 0.182. The maximum absolute atomic E-state index is 11.9. The maximum Gasteiger partial charge on any atom is 0.407 e. The highest BCUT2D eigenvalue weighted by Crippen LogP contribution is 2.29. The molecule has 3 rings (SSSR count). The molecule has 29 heavy (non-hydrogen) atoms. The number of rotatable bonds is 5. The molecule has 0 spiro atoms. The van der Waals surface area contributed by atoms with Gasteiger partial charge in [0.2, 0.25) is 0 Å². The number of hydrogen-bond donors (Lipinski definition) is 1. The van der Waals surface area contributed by atoms with Gasteiger partial charge < -0.3 is 10.1 Å². The first kappa shape index (κ1) is 21.6. The summed E-state index contributed by atoms with van der Waals surface area (Å²) in [5.74, 6) is 0.679. The molecule has 7 nitrogen and oxygen atoms in total. The van der Waals surface area contributed by atoms with Crippen LogP contribution in [0, 0.1) is 16.0 Å². The molecule has 1 N–H and O–H groups in total. The van der Waals surface area contributed by atoms with Crippen LogP contribution in [0.25, 0.3) is 0 Å². The molecule has 0 aromatic heterocycles. The van der Waals surface area contributed by atoms with E-state index in [1.807, 2.05) is 26.8 Å². The number of benzene rings is 1. The lowest BCUT2D eigenvalue weighted by Crippen LogP contribution is -2.41. The van der Waals surface area contributed by atoms with Crippen LogP contribution in [0.1, 0.15) is 64.0 Å². The highest BCUT2D eigenvalue weighted by Gasteiger charge is 2.26. The molecule has 0 radical (unpaired) electrons. The van der Waals surface area contributed by atoms with Gasteiger partial charge in [-0.2, -0.15) is 0 Å². The molecule has 1 fully saturated rings. The monoisotopic (exact) mass is 403 g/mol. The van der Waals surface area contributed by atoms with Gasteiger partial charge in [0.1, 0.15) is 5.60 Å². The number of nitro benzene ring substituents is 1. The molecule has 1 saturated carbocycles. The van der Waals surface area contributed by atoms with Crippen molar-refractivity contribution in [1.29, 1.82) is 0 Å². The van der Waals surface area contributed by atoms with Gasteiger partial charge in [0.15, 0.2) is 0 Å². The number of alkyl carbamates (subject to hydrolysis) is 1. The Balaban J connectivity index is 1.40. The molecule has 1 aliphatic heterocycles. The number of fused-ring (bicyclic) bond motifs is 1. The first-order chi connectivity index (χ1) is 13.7. The molecular formula is C22H33N3O4. The number of nitrogens with one attached hydrogen (secondary N) is 1. The van der Waals surface area contributed by atoms with Crippen molar-refractivity contribution in [3.8, 4) is 0 Å². The van der Waals surface area contributed by atoms with E-state index in [0.29, 0.717) is 5.92 Å². The number of hydrogen-bond acceptors (Lipinski definition) is 5. The van der Waals surface area contributed by atoms with Crippen molar-refractivity contribution in [2.45, 2.75) is 77.5 Å². The number of nitrogens with zero attached hydrogens (tertiary/aromatic N) is 2. The van der Waals surface area contributed by atoms with Crippen LogP contribution >= 0.6 is 0 Å². The Morgan fingerprint density at radius 3 is 2.62 bits per heavy atom. The normalized spacial score (nSPS) is 22.6. The highest BCUT2D eigenvalue weighted by molar-refractivity contribution is 5.68. The zero-order chi connectivity index (χ0) is 21.0. The summed E-state index contributed by atoms with van der Waals surface area (Å²) in [6.45, 7) is 8.46. The largest absolute Gasteiger partial charge is 0.444 e. The van der Waals surface area contributed by atoms with Crippen LogP contribution in [0.2, 0.25) is 0 Å². The van der Waals surface area contributed by atoms with Crippen LogP contribution in [0.4, 0.5) is 10.5 Å². The minimum atomic E-state index is -0.464. The van der Waals surface area contributed by atoms with E-state index in [9.17, 15) is 14.9 Å². The lowest BCUT2D eigenvalue weighted by molar-refractivity contribution is -0.385. The number of nitro groups is 1. The molecule has 1 aliphatic carbocycles. The van der Waals surface area contributed by atoms with Gasteiger partial charge in [-0.25, -0.2) is 4.79 Å². The van der Waals surface area contributed by atoms with E-state index >= 15 is 0 Å². The fourth-order valence-electron chi connectivity index (χ4n) is 4.34. The van der Waals surface area contributed by atoms with Gasteiger partial charge in [0, 0.05) is 31.3 Å². The Hall–Kier alpha value is -2.15. The van der Waals surface area contributed by atoms with Crippen LogP contribution in [0.3, 0.4) is 0 Å². The summed E-state index contributed by atoms with van der Waals surface area (Å²) in [7, 11) is 0. The van der Waals surface area contributed by atoms with E-state index in [0.717, 1.165) is 63.7 Å². The Labute approximate surface area is 172 Å². The number of non-ortho nitro benzene ring substituents is 1. The summed E-state index contributed by atoms with van der Waals surface area (Å²) in [5, 5.41) is 14.0. The fourth-order valence-corrected chi connectivity index (χ4v) is 4.34. The average Bonchev–Trinajstić information content (AvgIpc) is 2.65. The van der Waals surface area contributed by atoms with Gasteiger partial charge in [0.25, 0.3) is 5.69 Å². The molecule has 7 heteroatoms. The third-order valence-electron chi connectivity index (χ3n) is 5.91. The molecule has 0 bridgehead atoms. The second kappa shape index (κ2) is 9.11. The highest BCUT2D eigenvalue weighted by atomic mass is 16.6. The summed E-state index contributed by atoms with van der Waals surface area (Å²) in [6, 6.07) is 5.46. The predicted molar refractivity (Wildman–Crippen MR) is 112 cm³/mol. The van der Waals surface area contributed by atoms with Gasteiger partial charge in [-0.3, -0.25) is 15.0 Å². The summed E-state index contributed by atoms with van der Waals surface area (Å²) in [4.78, 5) is 25.0. The van der Waals surface area contributed by atoms with E-state index in [1.54, 1.807) is 12.1 Å². The van der Waals surface area contributed by atoms with Crippen LogP contribution in [-0.2, 0) is 17.7 Å². The van der Waals surface area contributed by atoms with Crippen molar-refractivity contribution in [1.82, 2.24) is 10.2 Å². The Kier molecular flexibility index (Phi) is 6.77. The first-order valence-electron chi connectivity index (χ1n) is 10.7. The molecule has 1 aromatic rings. The fraction of sp³-hybridized carbons (Fsp3) is 0.682. The van der Waals surface area contributed by atoms with Crippen LogP contribution in [-0.4, -0.2) is 40.6 Å². The molecule has 0 saturated heterocycles. The van der Waals surface area contributed by atoms with Crippen molar-refractivity contribution in [2.75, 3.05) is 13.1 Å². The molecular weight excluding hydrogens is 370 g/mol. The standard InChI is InChI=1S/C22H33N3O4/c1-22(2,3)29-21(26)23-19-7-4-16(5-8-19)10-12-24-13-11-17-6-9-20(25(27)28)14-18(17)15-24/h6,9,14,16,19H,4-5,7-8,10-13,15H2,1-3H3,(H,23,26). The lowest BCUT2D eigenvalue weighted by Gasteiger charge is -2.33. The minimum Gasteiger partial charge on any atom is -0.444 e. The van der Waals surface area contributed by atoms with Crippen LogP contribution in [0.5, 0.6) is 0 Å². The molecule has 0 unspecified atom stereocenters. The predicted octanol–water partition coefficient (Wildman–Crippen LogP) is 4.43. The van der Waals surface area contributed by atoms with E-state index in [-0.39, 0.29) is 22.7 Å². The van der Waals surface area contributed by atoms with Crippen molar-refractivity contribution >= 4 is 11.8 Å². The zero-order valence-corrected chi connectivity index (χ0v) is 17.8. The lowest BCUT2D eigenvalue weighted by atomic mass is 9.84. The van der Waals surface area contributed by atoms with Gasteiger partial charge >= 0.3 is 6.09 Å². The van der Waals surface area contributed by atoms with Crippen molar-refractivity contribution in [3.05, 3.63) is 39.4 Å². The summed E-state index contributed by atoms with van der Waals surface area (Å²) >= 11 is 0. The van der Waals surface area contributed by atoms with Crippen molar-refractivity contribution in [3.63, 3.8) is 0 Å². The second-order valence-corrected chi connectivity index (χ2v) is 9.39. The summed E-state index contributed by atoms with van der Waals surface area (Å²) in [5.41, 5.74) is 2.05. The number of amides is 1. The van der Waals surface area contributed by atoms with Crippen LogP contribution in [0.15, 0.2) is 18.2 Å². The third kappa shape index (κ3) is 6.42. The number of ether oxygens (including phenoxy) is 1. The SMILES string of the molecule is CC(C)(C)OC(=O)NC1CCC(CCN2CCc3ccc([N+](=O)[O-])cc3C2)CC1.